The molecule has 0 saturated carbocycles. The number of allylic oxidation sites excluding steroid dienone is 2. The predicted molar refractivity (Wildman–Crippen MR) is 129 cm³/mol. The summed E-state index contributed by atoms with van der Waals surface area (Å²) < 4.78 is 0. The molecule has 0 aliphatic carbocycles. The summed E-state index contributed by atoms with van der Waals surface area (Å²) in [6, 6.07) is 12.8. The highest BCUT2D eigenvalue weighted by Gasteiger charge is 2.21. The number of hydrogen-bond acceptors (Lipinski definition) is 2. The predicted octanol–water partition coefficient (Wildman–Crippen LogP) is 8.58. The molecular formula is C27H33ClO2. The van der Waals surface area contributed by atoms with Gasteiger partial charge in [-0.1, -0.05) is 87.5 Å². The number of ketones is 1. The van der Waals surface area contributed by atoms with Gasteiger partial charge in [-0.25, -0.2) is 0 Å². The lowest BCUT2D eigenvalue weighted by molar-refractivity contribution is 0.105. The minimum Gasteiger partial charge on any atom is -0.508 e. The van der Waals surface area contributed by atoms with Crippen LogP contribution in [0.2, 0.25) is 5.02 Å². The zero-order chi connectivity index (χ0) is 22.1. The van der Waals surface area contributed by atoms with Gasteiger partial charge in [-0.2, -0.15) is 0 Å². The first-order valence-electron chi connectivity index (χ1n) is 10.9. The maximum absolute atomic E-state index is 13.8. The number of halogens is 1. The Hall–Kier alpha value is -2.32. The lowest BCUT2D eigenvalue weighted by Gasteiger charge is -2.18. The average Bonchev–Trinajstić information content (AvgIpc) is 2.73. The average molecular weight is 425 g/mol. The highest BCUT2D eigenvalue weighted by Crippen LogP contribution is 2.33. The van der Waals surface area contributed by atoms with Crippen molar-refractivity contribution in [3.05, 3.63) is 81.9 Å². The van der Waals surface area contributed by atoms with E-state index in [1.807, 2.05) is 25.1 Å². The molecule has 0 spiro atoms. The van der Waals surface area contributed by atoms with E-state index in [2.05, 4.69) is 20.4 Å². The second-order valence-electron chi connectivity index (χ2n) is 7.86. The van der Waals surface area contributed by atoms with Gasteiger partial charge in [-0.05, 0) is 55.5 Å². The van der Waals surface area contributed by atoms with Crippen molar-refractivity contribution in [1.29, 1.82) is 0 Å². The van der Waals surface area contributed by atoms with E-state index in [1.165, 1.54) is 24.8 Å². The molecule has 0 atom stereocenters. The molecule has 2 nitrogen and oxygen atoms in total. The van der Waals surface area contributed by atoms with Crippen LogP contribution in [0.15, 0.2) is 54.6 Å². The summed E-state index contributed by atoms with van der Waals surface area (Å²) >= 11 is 6.33. The fourth-order valence-electron chi connectivity index (χ4n) is 3.76. The van der Waals surface area contributed by atoms with Crippen molar-refractivity contribution in [1.82, 2.24) is 0 Å². The van der Waals surface area contributed by atoms with E-state index in [1.54, 1.807) is 24.3 Å². The SMILES string of the molecule is C=C(O)c1cccc(C(=O)/C(=C(/CCC)CCCCCC)c2cc(Cl)ccc2C)c1. The Morgan fingerprint density at radius 1 is 0.967 bits per heavy atom. The first kappa shape index (κ1) is 24.0. The van der Waals surface area contributed by atoms with Gasteiger partial charge < -0.3 is 5.11 Å². The summed E-state index contributed by atoms with van der Waals surface area (Å²) in [6.07, 6.45) is 7.40. The second kappa shape index (κ2) is 11.8. The van der Waals surface area contributed by atoms with Gasteiger partial charge >= 0.3 is 0 Å². The smallest absolute Gasteiger partial charge is 0.193 e. The van der Waals surface area contributed by atoms with E-state index in [4.69, 9.17) is 11.6 Å². The number of benzene rings is 2. The molecule has 0 fully saturated rings. The second-order valence-corrected chi connectivity index (χ2v) is 8.29. The zero-order valence-corrected chi connectivity index (χ0v) is 19.2. The molecule has 0 unspecified atom stereocenters. The van der Waals surface area contributed by atoms with Crippen LogP contribution in [0, 0.1) is 6.92 Å². The van der Waals surface area contributed by atoms with Crippen LogP contribution < -0.4 is 0 Å². The lowest BCUT2D eigenvalue weighted by Crippen LogP contribution is -2.09. The summed E-state index contributed by atoms with van der Waals surface area (Å²) in [6.45, 7) is 9.96. The first-order chi connectivity index (χ1) is 14.4. The summed E-state index contributed by atoms with van der Waals surface area (Å²) in [4.78, 5) is 13.8. The normalized spacial score (nSPS) is 11.9. The quantitative estimate of drug-likeness (QED) is 0.170. The van der Waals surface area contributed by atoms with Gasteiger partial charge in [0.15, 0.2) is 5.78 Å². The number of aliphatic hydroxyl groups excluding tert-OH is 1. The van der Waals surface area contributed by atoms with Crippen molar-refractivity contribution < 1.29 is 9.90 Å². The van der Waals surface area contributed by atoms with E-state index < -0.39 is 0 Å². The van der Waals surface area contributed by atoms with Gasteiger partial charge in [-0.15, -0.1) is 0 Å². The number of carbonyl (C=O) groups is 1. The molecule has 0 saturated heterocycles. The highest BCUT2D eigenvalue weighted by molar-refractivity contribution is 6.33. The minimum atomic E-state index is -0.0394. The lowest BCUT2D eigenvalue weighted by atomic mass is 9.86. The Balaban J connectivity index is 2.61. The molecule has 0 amide bonds. The van der Waals surface area contributed by atoms with Crippen LogP contribution in [0.4, 0.5) is 0 Å². The summed E-state index contributed by atoms with van der Waals surface area (Å²) in [5.41, 5.74) is 5.00. The molecule has 2 rings (SSSR count). The number of aryl methyl sites for hydroxylation is 1. The fraction of sp³-hybridized carbons (Fsp3) is 0.370. The van der Waals surface area contributed by atoms with Crippen LogP contribution in [-0.2, 0) is 0 Å². The van der Waals surface area contributed by atoms with Crippen LogP contribution in [0.5, 0.6) is 0 Å². The topological polar surface area (TPSA) is 37.3 Å². The molecule has 3 heteroatoms. The van der Waals surface area contributed by atoms with Crippen molar-refractivity contribution in [2.45, 2.75) is 65.7 Å². The van der Waals surface area contributed by atoms with Crippen molar-refractivity contribution >= 4 is 28.7 Å². The van der Waals surface area contributed by atoms with Gasteiger partial charge in [-0.3, -0.25) is 4.79 Å². The number of unbranched alkanes of at least 4 members (excludes halogenated alkanes) is 3. The van der Waals surface area contributed by atoms with Gasteiger partial charge in [0.2, 0.25) is 0 Å². The van der Waals surface area contributed by atoms with Gasteiger partial charge in [0.05, 0.1) is 0 Å². The van der Waals surface area contributed by atoms with E-state index in [0.717, 1.165) is 42.4 Å². The first-order valence-corrected chi connectivity index (χ1v) is 11.3. The standard InChI is InChI=1S/C27H33ClO2/c1-5-7-8-9-12-21(11-6-2)26(25-18-24(28)16-15-19(25)3)27(30)23-14-10-13-22(17-23)20(4)29/h10,13-18,29H,4-9,11-12H2,1-3H3/b26-21-. The van der Waals surface area contributed by atoms with Crippen LogP contribution in [0.3, 0.4) is 0 Å². The molecule has 0 aromatic heterocycles. The molecule has 2 aromatic carbocycles. The van der Waals surface area contributed by atoms with Crippen molar-refractivity contribution in [3.63, 3.8) is 0 Å². The number of hydrogen-bond donors (Lipinski definition) is 1. The zero-order valence-electron chi connectivity index (χ0n) is 18.4. The largest absolute Gasteiger partial charge is 0.508 e. The molecule has 0 heterocycles. The molecule has 160 valence electrons. The van der Waals surface area contributed by atoms with E-state index in [-0.39, 0.29) is 11.5 Å². The van der Waals surface area contributed by atoms with Crippen LogP contribution in [0.25, 0.3) is 11.3 Å². The number of Topliss-reactive ketones (excluding diaryl/α,β-unsaturated/α-hetero) is 1. The molecule has 0 bridgehead atoms. The molecule has 0 aliphatic heterocycles. The van der Waals surface area contributed by atoms with Crippen molar-refractivity contribution in [3.8, 4) is 0 Å². The summed E-state index contributed by atoms with van der Waals surface area (Å²) in [7, 11) is 0. The Morgan fingerprint density at radius 2 is 1.70 bits per heavy atom. The summed E-state index contributed by atoms with van der Waals surface area (Å²) in [5, 5.41) is 10.4. The Kier molecular flexibility index (Phi) is 9.39. The minimum absolute atomic E-state index is 0.0255. The molecule has 30 heavy (non-hydrogen) atoms. The Labute approximate surface area is 186 Å². The third-order valence-corrected chi connectivity index (χ3v) is 5.63. The highest BCUT2D eigenvalue weighted by atomic mass is 35.5. The van der Waals surface area contributed by atoms with Crippen molar-refractivity contribution in [2.75, 3.05) is 0 Å². The van der Waals surface area contributed by atoms with Gasteiger partial charge in [0, 0.05) is 21.7 Å². The Morgan fingerprint density at radius 3 is 2.37 bits per heavy atom. The van der Waals surface area contributed by atoms with Gasteiger partial charge in [0.1, 0.15) is 5.76 Å². The fourth-order valence-corrected chi connectivity index (χ4v) is 3.94. The van der Waals surface area contributed by atoms with Gasteiger partial charge in [0.25, 0.3) is 0 Å². The monoisotopic (exact) mass is 424 g/mol. The molecule has 2 aromatic rings. The molecule has 0 aliphatic rings. The Bertz CT molecular complexity index is 924. The van der Waals surface area contributed by atoms with Crippen LogP contribution >= 0.6 is 11.6 Å². The molecule has 1 N–H and O–H groups in total. The van der Waals surface area contributed by atoms with E-state index >= 15 is 0 Å². The molecule has 0 radical (unpaired) electrons. The maximum Gasteiger partial charge on any atom is 0.193 e. The molecular weight excluding hydrogens is 392 g/mol. The number of aliphatic hydroxyl groups is 1. The van der Waals surface area contributed by atoms with Crippen molar-refractivity contribution in [2.24, 2.45) is 0 Å². The third kappa shape index (κ3) is 6.34. The summed E-state index contributed by atoms with van der Waals surface area (Å²) in [5.74, 6) is -0.0649. The van der Waals surface area contributed by atoms with Crippen LogP contribution in [-0.4, -0.2) is 10.9 Å². The number of rotatable bonds is 11. The maximum atomic E-state index is 13.8. The van der Waals surface area contributed by atoms with Crippen LogP contribution in [0.1, 0.15) is 85.8 Å². The van der Waals surface area contributed by atoms with E-state index in [9.17, 15) is 9.90 Å². The van der Waals surface area contributed by atoms with E-state index in [0.29, 0.717) is 16.1 Å². The third-order valence-electron chi connectivity index (χ3n) is 5.39. The number of carbonyl (C=O) groups excluding carboxylic acids is 1.